The number of halogens is 3. The van der Waals surface area contributed by atoms with Gasteiger partial charge in [0.1, 0.15) is 11.5 Å². The van der Waals surface area contributed by atoms with Crippen molar-refractivity contribution in [1.29, 1.82) is 0 Å². The van der Waals surface area contributed by atoms with Crippen LogP contribution in [0.25, 0.3) is 0 Å². The van der Waals surface area contributed by atoms with Gasteiger partial charge in [0, 0.05) is 11.1 Å². The van der Waals surface area contributed by atoms with Gasteiger partial charge in [-0.25, -0.2) is 0 Å². The van der Waals surface area contributed by atoms with Crippen LogP contribution in [0.1, 0.15) is 49.4 Å². The summed E-state index contributed by atoms with van der Waals surface area (Å²) in [6.45, 7) is 3.58. The molecule has 1 rings (SSSR count). The zero-order valence-electron chi connectivity index (χ0n) is 11.9. The highest BCUT2D eigenvalue weighted by Gasteiger charge is 2.44. The third kappa shape index (κ3) is 3.65. The molecule has 2 N–H and O–H groups in total. The molecule has 21 heavy (non-hydrogen) atoms. The Labute approximate surface area is 120 Å². The molecule has 1 unspecified atom stereocenters. The minimum absolute atomic E-state index is 0.0383. The van der Waals surface area contributed by atoms with Crippen LogP contribution in [0.4, 0.5) is 13.2 Å². The van der Waals surface area contributed by atoms with Crippen molar-refractivity contribution in [3.63, 3.8) is 0 Å². The molecule has 0 radical (unpaired) electrons. The molecule has 0 aliphatic rings. The average molecular weight is 305 g/mol. The lowest BCUT2D eigenvalue weighted by Gasteiger charge is -2.19. The van der Waals surface area contributed by atoms with E-state index < -0.39 is 23.5 Å². The lowest BCUT2D eigenvalue weighted by Crippen LogP contribution is -2.19. The van der Waals surface area contributed by atoms with Crippen molar-refractivity contribution in [3.8, 4) is 11.5 Å². The summed E-state index contributed by atoms with van der Waals surface area (Å²) in [5.74, 6) is -0.900. The molecule has 1 atom stereocenters. The van der Waals surface area contributed by atoms with Crippen LogP contribution in [0.3, 0.4) is 0 Å². The third-order valence-electron chi connectivity index (χ3n) is 3.21. The molecular weight excluding hydrogens is 287 g/mol. The number of benzene rings is 1. The number of phenolic OH excluding ortho intramolecular Hbond substituents is 2. The lowest BCUT2D eigenvalue weighted by atomic mass is 9.93. The smallest absolute Gasteiger partial charge is 0.418 e. The van der Waals surface area contributed by atoms with Crippen LogP contribution in [-0.2, 0) is 12.8 Å². The van der Waals surface area contributed by atoms with E-state index in [0.29, 0.717) is 19.3 Å². The normalized spacial score (nSPS) is 13.2. The van der Waals surface area contributed by atoms with Gasteiger partial charge in [0.15, 0.2) is 0 Å². The molecule has 0 saturated heterocycles. The molecule has 0 spiro atoms. The molecular formula is C14H18F3NO3. The van der Waals surface area contributed by atoms with Gasteiger partial charge in [-0.3, -0.25) is 0 Å². The Morgan fingerprint density at radius 2 is 1.71 bits per heavy atom. The number of phenols is 2. The van der Waals surface area contributed by atoms with E-state index in [1.54, 1.807) is 6.92 Å². The van der Waals surface area contributed by atoms with Crippen LogP contribution in [0, 0.1) is 4.91 Å². The molecule has 0 aliphatic carbocycles. The molecule has 4 nitrogen and oxygen atoms in total. The summed E-state index contributed by atoms with van der Waals surface area (Å²) < 4.78 is 38.6. The van der Waals surface area contributed by atoms with E-state index in [0.717, 1.165) is 6.07 Å². The molecule has 0 saturated carbocycles. The van der Waals surface area contributed by atoms with Gasteiger partial charge in [-0.2, -0.15) is 13.2 Å². The predicted octanol–water partition coefficient (Wildman–Crippen LogP) is 4.37. The minimum atomic E-state index is -4.89. The molecule has 0 bridgehead atoms. The van der Waals surface area contributed by atoms with Crippen molar-refractivity contribution < 1.29 is 23.4 Å². The number of alkyl halides is 3. The Balaban J connectivity index is 3.53. The number of nitrogens with zero attached hydrogens (tertiary/aromatic N) is 1. The van der Waals surface area contributed by atoms with Crippen LogP contribution in [0.15, 0.2) is 11.2 Å². The fourth-order valence-electron chi connectivity index (χ4n) is 2.25. The van der Waals surface area contributed by atoms with Gasteiger partial charge >= 0.3 is 6.18 Å². The number of aryl methyl sites for hydroxylation is 1. The molecule has 7 heteroatoms. The Morgan fingerprint density at radius 1 is 1.14 bits per heavy atom. The van der Waals surface area contributed by atoms with Gasteiger partial charge < -0.3 is 10.2 Å². The first-order valence-electron chi connectivity index (χ1n) is 6.73. The van der Waals surface area contributed by atoms with Crippen LogP contribution >= 0.6 is 0 Å². The molecule has 0 heterocycles. The van der Waals surface area contributed by atoms with Crippen molar-refractivity contribution in [2.75, 3.05) is 0 Å². The Kier molecular flexibility index (Phi) is 5.57. The van der Waals surface area contributed by atoms with Crippen LogP contribution in [-0.4, -0.2) is 16.4 Å². The van der Waals surface area contributed by atoms with Gasteiger partial charge in [-0.15, -0.1) is 4.91 Å². The second-order valence-electron chi connectivity index (χ2n) is 4.85. The summed E-state index contributed by atoms with van der Waals surface area (Å²) >= 11 is 0. The maximum atomic E-state index is 12.9. The van der Waals surface area contributed by atoms with Gasteiger partial charge in [0.2, 0.25) is 6.04 Å². The fraction of sp³-hybridized carbons (Fsp3) is 0.571. The van der Waals surface area contributed by atoms with Crippen LogP contribution < -0.4 is 0 Å². The monoisotopic (exact) mass is 305 g/mol. The van der Waals surface area contributed by atoms with Gasteiger partial charge in [-0.1, -0.05) is 31.9 Å². The third-order valence-corrected chi connectivity index (χ3v) is 3.21. The SMILES string of the molecule is CCCc1cc(C(N=O)C(F)(F)F)c(O)c(CCC)c1O. The standard InChI is InChI=1S/C14H18F3NO3/c1-3-5-8-7-10(13(18-21)14(15,16)17)12(20)9(6-4-2)11(8)19/h7,13,19-20H,3-6H2,1-2H3. The number of nitroso groups, excluding NO2 is 1. The fourth-order valence-corrected chi connectivity index (χ4v) is 2.25. The highest BCUT2D eigenvalue weighted by atomic mass is 19.4. The maximum absolute atomic E-state index is 12.9. The maximum Gasteiger partial charge on any atom is 0.418 e. The zero-order valence-corrected chi connectivity index (χ0v) is 11.9. The second kappa shape index (κ2) is 6.78. The van der Waals surface area contributed by atoms with Crippen molar-refractivity contribution in [2.24, 2.45) is 5.18 Å². The molecule has 0 aromatic heterocycles. The quantitative estimate of drug-likeness (QED) is 0.767. The highest BCUT2D eigenvalue weighted by Crippen LogP contribution is 2.44. The molecule has 0 fully saturated rings. The number of hydrogen-bond donors (Lipinski definition) is 2. The molecule has 0 aliphatic heterocycles. The summed E-state index contributed by atoms with van der Waals surface area (Å²) in [7, 11) is 0. The summed E-state index contributed by atoms with van der Waals surface area (Å²) in [4.78, 5) is 10.6. The lowest BCUT2D eigenvalue weighted by molar-refractivity contribution is -0.149. The topological polar surface area (TPSA) is 69.9 Å². The van der Waals surface area contributed by atoms with Crippen LogP contribution in [0.5, 0.6) is 11.5 Å². The van der Waals surface area contributed by atoms with Gasteiger partial charge in [-0.05, 0) is 24.5 Å². The Hall–Kier alpha value is -1.79. The number of aromatic hydroxyl groups is 2. The summed E-state index contributed by atoms with van der Waals surface area (Å²) in [5, 5.41) is 22.2. The highest BCUT2D eigenvalue weighted by molar-refractivity contribution is 5.55. The van der Waals surface area contributed by atoms with Crippen molar-refractivity contribution in [1.82, 2.24) is 0 Å². The minimum Gasteiger partial charge on any atom is -0.507 e. The summed E-state index contributed by atoms with van der Waals surface area (Å²) in [6.07, 6.45) is -3.19. The van der Waals surface area contributed by atoms with Gasteiger partial charge in [0.05, 0.1) is 0 Å². The summed E-state index contributed by atoms with van der Waals surface area (Å²) in [5.41, 5.74) is -0.273. The van der Waals surface area contributed by atoms with E-state index in [9.17, 15) is 28.3 Å². The van der Waals surface area contributed by atoms with Crippen molar-refractivity contribution >= 4 is 0 Å². The Morgan fingerprint density at radius 3 is 2.14 bits per heavy atom. The first-order valence-corrected chi connectivity index (χ1v) is 6.73. The zero-order chi connectivity index (χ0) is 16.2. The summed E-state index contributed by atoms with van der Waals surface area (Å²) in [6, 6.07) is -1.61. The van der Waals surface area contributed by atoms with Crippen LogP contribution in [0.2, 0.25) is 0 Å². The van der Waals surface area contributed by atoms with E-state index in [4.69, 9.17) is 0 Å². The van der Waals surface area contributed by atoms with Gasteiger partial charge in [0.25, 0.3) is 0 Å². The first kappa shape index (κ1) is 17.3. The first-order chi connectivity index (χ1) is 9.77. The van der Waals surface area contributed by atoms with Crippen molar-refractivity contribution in [2.45, 2.75) is 51.7 Å². The Bertz CT molecular complexity index is 515. The largest absolute Gasteiger partial charge is 0.507 e. The van der Waals surface area contributed by atoms with E-state index in [2.05, 4.69) is 5.18 Å². The van der Waals surface area contributed by atoms with E-state index in [1.165, 1.54) is 0 Å². The second-order valence-corrected chi connectivity index (χ2v) is 4.85. The van der Waals surface area contributed by atoms with Crippen molar-refractivity contribution in [3.05, 3.63) is 27.7 Å². The molecule has 118 valence electrons. The predicted molar refractivity (Wildman–Crippen MR) is 72.4 cm³/mol. The molecule has 1 aromatic carbocycles. The van der Waals surface area contributed by atoms with E-state index in [-0.39, 0.29) is 23.3 Å². The number of rotatable bonds is 6. The van der Waals surface area contributed by atoms with E-state index in [1.807, 2.05) is 6.92 Å². The average Bonchev–Trinajstić information content (AvgIpc) is 2.39. The molecule has 1 aromatic rings. The number of hydrogen-bond acceptors (Lipinski definition) is 4. The molecule has 0 amide bonds. The van der Waals surface area contributed by atoms with E-state index >= 15 is 0 Å².